The number of carbonyl (C=O) groups is 1. The summed E-state index contributed by atoms with van der Waals surface area (Å²) in [5.41, 5.74) is 3.16. The van der Waals surface area contributed by atoms with E-state index in [-0.39, 0.29) is 6.03 Å². The summed E-state index contributed by atoms with van der Waals surface area (Å²) >= 11 is 0. The first-order valence-corrected chi connectivity index (χ1v) is 9.94. The summed E-state index contributed by atoms with van der Waals surface area (Å²) in [6.07, 6.45) is 4.48. The summed E-state index contributed by atoms with van der Waals surface area (Å²) in [4.78, 5) is 16.6. The molecule has 2 aromatic heterocycles. The first-order valence-electron chi connectivity index (χ1n) is 9.94. The molecule has 1 aliphatic rings. The normalized spacial score (nSPS) is 14.9. The van der Waals surface area contributed by atoms with Crippen molar-refractivity contribution < 1.29 is 9.32 Å². The summed E-state index contributed by atoms with van der Waals surface area (Å²) in [7, 11) is 0. The van der Waals surface area contributed by atoms with Crippen LogP contribution in [-0.2, 0) is 13.0 Å². The van der Waals surface area contributed by atoms with Crippen molar-refractivity contribution in [3.63, 3.8) is 0 Å². The molecule has 0 radical (unpaired) electrons. The average molecular weight is 394 g/mol. The lowest BCUT2D eigenvalue weighted by atomic mass is 10.1. The van der Waals surface area contributed by atoms with Crippen molar-refractivity contribution >= 4 is 6.03 Å². The molecular weight excluding hydrogens is 368 g/mol. The van der Waals surface area contributed by atoms with Crippen molar-refractivity contribution in [1.29, 1.82) is 0 Å². The number of rotatable bonds is 6. The lowest BCUT2D eigenvalue weighted by Gasteiger charge is -2.34. The SMILES string of the molecule is Cc1cc(CN2CCN(C(=O)NCCc3ccc(-n4cccn4)cc3)CC2)no1. The molecule has 0 spiro atoms. The van der Waals surface area contributed by atoms with Crippen molar-refractivity contribution in [2.24, 2.45) is 0 Å². The van der Waals surface area contributed by atoms with Crippen LogP contribution in [0.5, 0.6) is 0 Å². The number of benzene rings is 1. The molecule has 3 heterocycles. The fourth-order valence-electron chi connectivity index (χ4n) is 3.49. The quantitative estimate of drug-likeness (QED) is 0.694. The number of aryl methyl sites for hydroxylation is 1. The van der Waals surface area contributed by atoms with Gasteiger partial charge in [-0.3, -0.25) is 4.90 Å². The van der Waals surface area contributed by atoms with Crippen molar-refractivity contribution in [2.75, 3.05) is 32.7 Å². The number of aromatic nitrogens is 3. The molecule has 0 saturated carbocycles. The van der Waals surface area contributed by atoms with Crippen molar-refractivity contribution in [1.82, 2.24) is 30.1 Å². The molecule has 1 aliphatic heterocycles. The minimum atomic E-state index is 0.00934. The van der Waals surface area contributed by atoms with Crippen LogP contribution < -0.4 is 5.32 Å². The van der Waals surface area contributed by atoms with Crippen LogP contribution in [0.4, 0.5) is 4.79 Å². The monoisotopic (exact) mass is 394 g/mol. The van der Waals surface area contributed by atoms with Crippen LogP contribution in [0.15, 0.2) is 53.3 Å². The topological polar surface area (TPSA) is 79.4 Å². The summed E-state index contributed by atoms with van der Waals surface area (Å²) < 4.78 is 6.94. The summed E-state index contributed by atoms with van der Waals surface area (Å²) in [6.45, 7) is 6.41. The molecular formula is C21H26N6O2. The molecule has 1 N–H and O–H groups in total. The second kappa shape index (κ2) is 8.91. The zero-order valence-electron chi connectivity index (χ0n) is 16.6. The van der Waals surface area contributed by atoms with E-state index in [1.54, 1.807) is 6.20 Å². The third kappa shape index (κ3) is 5.03. The van der Waals surface area contributed by atoms with Gasteiger partial charge in [-0.1, -0.05) is 17.3 Å². The highest BCUT2D eigenvalue weighted by Gasteiger charge is 2.21. The standard InChI is InChI=1S/C21H26N6O2/c1-17-15-19(24-29-17)16-25-11-13-26(14-12-25)21(28)22-9-7-18-3-5-20(6-4-18)27-10-2-8-23-27/h2-6,8,10,15H,7,9,11-14,16H2,1H3,(H,22,28). The number of hydrogen-bond donors (Lipinski definition) is 1. The third-order valence-corrected chi connectivity index (χ3v) is 5.12. The second-order valence-corrected chi connectivity index (χ2v) is 7.29. The van der Waals surface area contributed by atoms with Crippen molar-refractivity contribution in [2.45, 2.75) is 19.9 Å². The predicted molar refractivity (Wildman–Crippen MR) is 109 cm³/mol. The molecule has 8 heteroatoms. The highest BCUT2D eigenvalue weighted by atomic mass is 16.5. The molecule has 29 heavy (non-hydrogen) atoms. The van der Waals surface area contributed by atoms with Gasteiger partial charge < -0.3 is 14.7 Å². The van der Waals surface area contributed by atoms with Gasteiger partial charge in [0.15, 0.2) is 0 Å². The predicted octanol–water partition coefficient (Wildman–Crippen LogP) is 2.24. The van der Waals surface area contributed by atoms with Crippen LogP contribution in [0.3, 0.4) is 0 Å². The van der Waals surface area contributed by atoms with Gasteiger partial charge in [0.2, 0.25) is 0 Å². The maximum atomic E-state index is 12.4. The fraction of sp³-hybridized carbons (Fsp3) is 0.381. The van der Waals surface area contributed by atoms with Crippen LogP contribution in [-0.4, -0.2) is 63.5 Å². The number of nitrogens with zero attached hydrogens (tertiary/aromatic N) is 5. The zero-order chi connectivity index (χ0) is 20.1. The van der Waals surface area contributed by atoms with E-state index in [0.29, 0.717) is 6.54 Å². The summed E-state index contributed by atoms with van der Waals surface area (Å²) in [5.74, 6) is 0.828. The van der Waals surface area contributed by atoms with Gasteiger partial charge in [0.05, 0.1) is 11.4 Å². The van der Waals surface area contributed by atoms with Crippen LogP contribution in [0.1, 0.15) is 17.0 Å². The Morgan fingerprint density at radius 1 is 1.17 bits per heavy atom. The molecule has 1 saturated heterocycles. The highest BCUT2D eigenvalue weighted by molar-refractivity contribution is 5.74. The van der Waals surface area contributed by atoms with E-state index in [9.17, 15) is 4.79 Å². The zero-order valence-corrected chi connectivity index (χ0v) is 16.6. The molecule has 1 fully saturated rings. The van der Waals surface area contributed by atoms with Gasteiger partial charge >= 0.3 is 6.03 Å². The molecule has 0 bridgehead atoms. The lowest BCUT2D eigenvalue weighted by Crippen LogP contribution is -2.51. The number of amides is 2. The molecule has 2 amide bonds. The Balaban J connectivity index is 1.17. The van der Waals surface area contributed by atoms with Crippen LogP contribution >= 0.6 is 0 Å². The third-order valence-electron chi connectivity index (χ3n) is 5.12. The Labute approximate surface area is 170 Å². The van der Waals surface area contributed by atoms with Gasteiger partial charge in [-0.05, 0) is 37.1 Å². The van der Waals surface area contributed by atoms with Crippen molar-refractivity contribution in [3.05, 3.63) is 65.8 Å². The molecule has 1 aromatic carbocycles. The summed E-state index contributed by atoms with van der Waals surface area (Å²) in [6, 6.07) is 12.1. The average Bonchev–Trinajstić information content (AvgIpc) is 3.41. The Hall–Kier alpha value is -3.13. The molecule has 0 unspecified atom stereocenters. The molecule has 4 rings (SSSR count). The van der Waals surface area contributed by atoms with Gasteiger partial charge in [-0.25, -0.2) is 9.48 Å². The molecule has 152 valence electrons. The Morgan fingerprint density at radius 2 is 1.97 bits per heavy atom. The number of carbonyl (C=O) groups excluding carboxylic acids is 1. The van der Waals surface area contributed by atoms with E-state index in [1.165, 1.54) is 5.56 Å². The Bertz CT molecular complexity index is 911. The van der Waals surface area contributed by atoms with Crippen LogP contribution in [0.25, 0.3) is 5.69 Å². The number of nitrogens with one attached hydrogen (secondary N) is 1. The maximum Gasteiger partial charge on any atom is 0.317 e. The summed E-state index contributed by atoms with van der Waals surface area (Å²) in [5, 5.41) is 11.3. The first-order chi connectivity index (χ1) is 14.2. The van der Waals surface area contributed by atoms with E-state index < -0.39 is 0 Å². The maximum absolute atomic E-state index is 12.4. The largest absolute Gasteiger partial charge is 0.361 e. The van der Waals surface area contributed by atoms with Gasteiger partial charge in [0.25, 0.3) is 0 Å². The van der Waals surface area contributed by atoms with Crippen LogP contribution in [0.2, 0.25) is 0 Å². The smallest absolute Gasteiger partial charge is 0.317 e. The van der Waals surface area contributed by atoms with E-state index in [0.717, 1.165) is 56.3 Å². The fourth-order valence-corrected chi connectivity index (χ4v) is 3.49. The Kier molecular flexibility index (Phi) is 5.90. The minimum absolute atomic E-state index is 0.00934. The second-order valence-electron chi connectivity index (χ2n) is 7.29. The number of piperazine rings is 1. The van der Waals surface area contributed by atoms with Crippen LogP contribution in [0, 0.1) is 6.92 Å². The number of hydrogen-bond acceptors (Lipinski definition) is 5. The lowest BCUT2D eigenvalue weighted by molar-refractivity contribution is 0.133. The Morgan fingerprint density at radius 3 is 2.62 bits per heavy atom. The molecule has 3 aromatic rings. The van der Waals surface area contributed by atoms with Gasteiger partial charge in [0, 0.05) is 57.7 Å². The van der Waals surface area contributed by atoms with Crippen molar-refractivity contribution in [3.8, 4) is 5.69 Å². The van der Waals surface area contributed by atoms with Gasteiger partial charge in [-0.2, -0.15) is 5.10 Å². The van der Waals surface area contributed by atoms with E-state index in [4.69, 9.17) is 4.52 Å². The van der Waals surface area contributed by atoms with E-state index in [2.05, 4.69) is 32.6 Å². The molecule has 8 nitrogen and oxygen atoms in total. The van der Waals surface area contributed by atoms with E-state index in [1.807, 2.05) is 47.0 Å². The number of urea groups is 1. The highest BCUT2D eigenvalue weighted by Crippen LogP contribution is 2.10. The van der Waals surface area contributed by atoms with Gasteiger partial charge in [0.1, 0.15) is 5.76 Å². The first kappa shape index (κ1) is 19.2. The molecule has 0 atom stereocenters. The minimum Gasteiger partial charge on any atom is -0.361 e. The van der Waals surface area contributed by atoms with Gasteiger partial charge in [-0.15, -0.1) is 0 Å². The van der Waals surface area contributed by atoms with E-state index >= 15 is 0 Å². The molecule has 0 aliphatic carbocycles.